The number of hydrogen-bond acceptors (Lipinski definition) is 4. The van der Waals surface area contributed by atoms with E-state index in [0.717, 1.165) is 0 Å². The maximum absolute atomic E-state index is 12.4. The van der Waals surface area contributed by atoms with Gasteiger partial charge in [0.15, 0.2) is 0 Å². The zero-order valence-corrected chi connectivity index (χ0v) is 13.4. The molecule has 8 nitrogen and oxygen atoms in total. The molecule has 1 aliphatic rings. The molecule has 0 aliphatic carbocycles. The van der Waals surface area contributed by atoms with Crippen LogP contribution in [-0.4, -0.2) is 29.3 Å². The Bertz CT molecular complexity index is 788. The van der Waals surface area contributed by atoms with E-state index in [0.29, 0.717) is 30.2 Å². The van der Waals surface area contributed by atoms with Crippen molar-refractivity contribution in [2.75, 3.05) is 17.2 Å². The molecule has 4 amide bonds. The summed E-state index contributed by atoms with van der Waals surface area (Å²) in [6.07, 6.45) is 1.71. The van der Waals surface area contributed by atoms with Crippen LogP contribution in [0.2, 0.25) is 0 Å². The Balaban J connectivity index is 1.60. The summed E-state index contributed by atoms with van der Waals surface area (Å²) in [4.78, 5) is 37.0. The first kappa shape index (κ1) is 16.6. The van der Waals surface area contributed by atoms with Crippen LogP contribution in [0.15, 0.2) is 47.1 Å². The number of hydrogen-bond donors (Lipinski definition) is 3. The smallest absolute Gasteiger partial charge is 0.316 e. The lowest BCUT2D eigenvalue weighted by molar-refractivity contribution is -0.128. The van der Waals surface area contributed by atoms with Crippen LogP contribution in [0.1, 0.15) is 12.2 Å². The molecule has 0 bridgehead atoms. The maximum Gasteiger partial charge on any atom is 0.316 e. The van der Waals surface area contributed by atoms with Gasteiger partial charge in [-0.25, -0.2) is 4.79 Å². The third-order valence-electron chi connectivity index (χ3n) is 3.91. The van der Waals surface area contributed by atoms with Crippen LogP contribution < -0.4 is 16.4 Å². The lowest BCUT2D eigenvalue weighted by Crippen LogP contribution is -2.28. The first-order valence-corrected chi connectivity index (χ1v) is 7.79. The van der Waals surface area contributed by atoms with E-state index in [1.54, 1.807) is 47.6 Å². The van der Waals surface area contributed by atoms with E-state index in [-0.39, 0.29) is 18.2 Å². The first-order valence-electron chi connectivity index (χ1n) is 7.79. The minimum absolute atomic E-state index is 0.0827. The number of nitrogens with one attached hydrogen (secondary N) is 2. The number of carbonyl (C=O) groups is 3. The van der Waals surface area contributed by atoms with E-state index in [1.165, 1.54) is 0 Å². The van der Waals surface area contributed by atoms with Gasteiger partial charge < -0.3 is 25.7 Å². The maximum atomic E-state index is 12.4. The van der Waals surface area contributed by atoms with Crippen LogP contribution in [0.25, 0.3) is 0 Å². The second kappa shape index (κ2) is 7.08. The van der Waals surface area contributed by atoms with Crippen molar-refractivity contribution in [2.45, 2.75) is 13.0 Å². The summed E-state index contributed by atoms with van der Waals surface area (Å²) < 4.78 is 5.24. The van der Waals surface area contributed by atoms with Gasteiger partial charge in [0, 0.05) is 24.3 Å². The second-order valence-electron chi connectivity index (χ2n) is 5.81. The monoisotopic (exact) mass is 342 g/mol. The van der Waals surface area contributed by atoms with Crippen molar-refractivity contribution in [3.05, 3.63) is 48.4 Å². The van der Waals surface area contributed by atoms with Gasteiger partial charge >= 0.3 is 6.03 Å². The topological polar surface area (TPSA) is 118 Å². The number of nitrogens with zero attached hydrogens (tertiary/aromatic N) is 1. The number of likely N-dealkylation sites (tertiary alicyclic amines) is 1. The van der Waals surface area contributed by atoms with Gasteiger partial charge in [0.05, 0.1) is 18.7 Å². The highest BCUT2D eigenvalue weighted by molar-refractivity contribution is 5.98. The fourth-order valence-corrected chi connectivity index (χ4v) is 2.75. The van der Waals surface area contributed by atoms with Gasteiger partial charge in [0.2, 0.25) is 11.8 Å². The van der Waals surface area contributed by atoms with E-state index in [4.69, 9.17) is 10.2 Å². The predicted octanol–water partition coefficient (Wildman–Crippen LogP) is 1.76. The molecule has 2 heterocycles. The van der Waals surface area contributed by atoms with Gasteiger partial charge in [-0.15, -0.1) is 0 Å². The average molecular weight is 342 g/mol. The Morgan fingerprint density at radius 2 is 1.96 bits per heavy atom. The Morgan fingerprint density at radius 3 is 2.64 bits per heavy atom. The van der Waals surface area contributed by atoms with Crippen molar-refractivity contribution in [2.24, 2.45) is 11.7 Å². The normalized spacial score (nSPS) is 16.7. The highest BCUT2D eigenvalue weighted by Crippen LogP contribution is 2.23. The van der Waals surface area contributed by atoms with E-state index in [1.807, 2.05) is 0 Å². The summed E-state index contributed by atoms with van der Waals surface area (Å²) >= 11 is 0. The van der Waals surface area contributed by atoms with Crippen LogP contribution in [0.3, 0.4) is 0 Å². The van der Waals surface area contributed by atoms with E-state index in [9.17, 15) is 14.4 Å². The molecule has 1 atom stereocenters. The van der Waals surface area contributed by atoms with Crippen molar-refractivity contribution in [3.63, 3.8) is 0 Å². The zero-order valence-electron chi connectivity index (χ0n) is 13.4. The number of anilines is 2. The fourth-order valence-electron chi connectivity index (χ4n) is 2.75. The molecule has 2 aromatic rings. The molecule has 8 heteroatoms. The third-order valence-corrected chi connectivity index (χ3v) is 3.91. The number of urea groups is 1. The van der Waals surface area contributed by atoms with Gasteiger partial charge in [-0.05, 0) is 30.3 Å². The molecule has 1 saturated heterocycles. The highest BCUT2D eigenvalue weighted by Gasteiger charge is 2.34. The summed E-state index contributed by atoms with van der Waals surface area (Å²) in [6.45, 7) is 0.693. The lowest BCUT2D eigenvalue weighted by atomic mass is 10.1. The summed E-state index contributed by atoms with van der Waals surface area (Å²) in [6, 6.07) is 9.50. The molecule has 1 aliphatic heterocycles. The largest absolute Gasteiger partial charge is 0.467 e. The van der Waals surface area contributed by atoms with Gasteiger partial charge in [-0.1, -0.05) is 6.07 Å². The molecule has 1 unspecified atom stereocenters. The number of benzene rings is 1. The molecular weight excluding hydrogens is 324 g/mol. The molecule has 3 rings (SSSR count). The van der Waals surface area contributed by atoms with Crippen molar-refractivity contribution >= 4 is 29.2 Å². The van der Waals surface area contributed by atoms with Crippen molar-refractivity contribution in [1.82, 2.24) is 4.90 Å². The summed E-state index contributed by atoms with van der Waals surface area (Å²) in [5.74, 6) is -0.0814. The van der Waals surface area contributed by atoms with E-state index < -0.39 is 11.9 Å². The average Bonchev–Trinajstić information content (AvgIpc) is 3.18. The van der Waals surface area contributed by atoms with Crippen LogP contribution in [0.4, 0.5) is 16.2 Å². The van der Waals surface area contributed by atoms with Gasteiger partial charge in [0.1, 0.15) is 5.76 Å². The fraction of sp³-hybridized carbons (Fsp3) is 0.235. The molecule has 1 aromatic heterocycles. The molecule has 0 spiro atoms. The quantitative estimate of drug-likeness (QED) is 0.767. The van der Waals surface area contributed by atoms with Crippen LogP contribution in [0, 0.1) is 5.92 Å². The van der Waals surface area contributed by atoms with Crippen LogP contribution in [0.5, 0.6) is 0 Å². The Morgan fingerprint density at radius 1 is 1.20 bits per heavy atom. The zero-order chi connectivity index (χ0) is 17.8. The summed E-state index contributed by atoms with van der Waals surface area (Å²) in [5.41, 5.74) is 6.07. The predicted molar refractivity (Wildman–Crippen MR) is 90.5 cm³/mol. The number of carbonyl (C=O) groups excluding carboxylic acids is 3. The molecule has 25 heavy (non-hydrogen) atoms. The lowest BCUT2D eigenvalue weighted by Gasteiger charge is -2.15. The van der Waals surface area contributed by atoms with E-state index >= 15 is 0 Å². The molecule has 1 aromatic carbocycles. The van der Waals surface area contributed by atoms with Crippen LogP contribution >= 0.6 is 0 Å². The number of amides is 4. The molecule has 0 saturated carbocycles. The second-order valence-corrected chi connectivity index (χ2v) is 5.81. The van der Waals surface area contributed by atoms with Crippen molar-refractivity contribution in [3.8, 4) is 0 Å². The van der Waals surface area contributed by atoms with Crippen molar-refractivity contribution < 1.29 is 18.8 Å². The highest BCUT2D eigenvalue weighted by atomic mass is 16.3. The number of primary amides is 1. The minimum Gasteiger partial charge on any atom is -0.467 e. The third kappa shape index (κ3) is 4.17. The number of nitrogens with two attached hydrogens (primary N) is 1. The number of rotatable bonds is 5. The first-order chi connectivity index (χ1) is 12.0. The number of furan rings is 1. The molecular formula is C17H18N4O4. The van der Waals surface area contributed by atoms with Gasteiger partial charge in [-0.2, -0.15) is 0 Å². The van der Waals surface area contributed by atoms with Gasteiger partial charge in [0.25, 0.3) is 0 Å². The van der Waals surface area contributed by atoms with Gasteiger partial charge in [-0.3, -0.25) is 9.59 Å². The van der Waals surface area contributed by atoms with Crippen molar-refractivity contribution in [1.29, 1.82) is 0 Å². The standard InChI is InChI=1S/C17H18N4O4/c18-17(24)20-13-4-1-3-12(8-13)19-16(23)11-7-15(22)21(9-11)10-14-5-2-6-25-14/h1-6,8,11H,7,9-10H2,(H,19,23)(H3,18,20,24). The molecule has 0 radical (unpaired) electrons. The van der Waals surface area contributed by atoms with E-state index in [2.05, 4.69) is 10.6 Å². The summed E-state index contributed by atoms with van der Waals surface area (Å²) in [5, 5.41) is 5.21. The SMILES string of the molecule is NC(=O)Nc1cccc(NC(=O)C2CC(=O)N(Cc3ccco3)C2)c1. The van der Waals surface area contributed by atoms with Crippen LogP contribution in [-0.2, 0) is 16.1 Å². The molecule has 130 valence electrons. The Hall–Kier alpha value is -3.29. The Kier molecular flexibility index (Phi) is 4.69. The Labute approximate surface area is 144 Å². The summed E-state index contributed by atoms with van der Waals surface area (Å²) in [7, 11) is 0. The molecule has 4 N–H and O–H groups in total. The minimum atomic E-state index is -0.682. The molecule has 1 fully saturated rings.